The molecule has 1 aromatic heterocycles. The van der Waals surface area contributed by atoms with Crippen LogP contribution in [0.3, 0.4) is 0 Å². The minimum Gasteiger partial charge on any atom is -0.489 e. The molecular weight excluding hydrogens is 646 g/mol. The maximum atomic E-state index is 12.9. The van der Waals surface area contributed by atoms with Crippen LogP contribution in [0.15, 0.2) is 54.6 Å². The number of aliphatic carboxylic acids is 2. The van der Waals surface area contributed by atoms with E-state index in [0.717, 1.165) is 22.2 Å². The van der Waals surface area contributed by atoms with Gasteiger partial charge in [0.15, 0.2) is 0 Å². The Morgan fingerprint density at radius 1 is 0.979 bits per heavy atom. The van der Waals surface area contributed by atoms with Crippen molar-refractivity contribution in [1.82, 2.24) is 20.7 Å². The highest BCUT2D eigenvalue weighted by Gasteiger charge is 2.39. The van der Waals surface area contributed by atoms with Crippen molar-refractivity contribution >= 4 is 35.2 Å². The molecule has 256 valence electrons. The number of nitrogens with zero attached hydrogens (tertiary/aromatic N) is 2. The summed E-state index contributed by atoms with van der Waals surface area (Å²) in [5.74, 6) is -5.11. The fourth-order valence-electron chi connectivity index (χ4n) is 4.27. The molecule has 0 atom stereocenters. The molecule has 3 aromatic rings. The monoisotopic (exact) mass is 676 g/mol. The van der Waals surface area contributed by atoms with Crippen LogP contribution in [0.2, 0.25) is 0 Å². The summed E-state index contributed by atoms with van der Waals surface area (Å²) < 4.78 is 69.5. The van der Waals surface area contributed by atoms with E-state index in [1.807, 2.05) is 37.3 Å². The molecule has 1 aliphatic heterocycles. The molecule has 0 radical (unpaired) electrons. The quantitative estimate of drug-likeness (QED) is 0.101. The van der Waals surface area contributed by atoms with Crippen molar-refractivity contribution in [1.29, 1.82) is 0 Å². The summed E-state index contributed by atoms with van der Waals surface area (Å²) in [4.78, 5) is 46.1. The molecular formula is C29H30F6N4O8. The maximum Gasteiger partial charge on any atom is 0.490 e. The van der Waals surface area contributed by atoms with E-state index in [0.29, 0.717) is 55.3 Å². The zero-order chi connectivity index (χ0) is 35.4. The van der Waals surface area contributed by atoms with Crippen LogP contribution in [0.5, 0.6) is 5.75 Å². The molecule has 47 heavy (non-hydrogen) atoms. The number of pyridine rings is 1. The predicted octanol–water partition coefficient (Wildman–Crippen LogP) is 4.09. The normalized spacial score (nSPS) is 14.0. The largest absolute Gasteiger partial charge is 0.490 e. The number of hydroxylamine groups is 2. The average Bonchev–Trinajstić information content (AvgIpc) is 3.00. The molecule has 2 amide bonds. The van der Waals surface area contributed by atoms with Gasteiger partial charge >= 0.3 is 24.3 Å². The molecule has 5 N–H and O–H groups in total. The molecule has 0 spiro atoms. The van der Waals surface area contributed by atoms with Crippen LogP contribution in [0.1, 0.15) is 34.5 Å². The van der Waals surface area contributed by atoms with E-state index in [-0.39, 0.29) is 12.5 Å². The Hall–Kier alpha value is -4.97. The van der Waals surface area contributed by atoms with Gasteiger partial charge in [-0.25, -0.2) is 14.7 Å². The summed E-state index contributed by atoms with van der Waals surface area (Å²) in [5, 5.41) is 31.9. The number of aryl methyl sites for hydroxylation is 1. The number of amides is 2. The zero-order valence-corrected chi connectivity index (χ0v) is 24.6. The van der Waals surface area contributed by atoms with Gasteiger partial charge in [0.25, 0.3) is 5.91 Å². The first-order valence-electron chi connectivity index (χ1n) is 13.5. The first kappa shape index (κ1) is 38.2. The number of halogens is 6. The topological polar surface area (TPSA) is 178 Å². The number of fused-ring (bicyclic) bond motifs is 1. The number of benzene rings is 2. The zero-order valence-electron chi connectivity index (χ0n) is 24.6. The molecule has 1 fully saturated rings. The number of carbonyl (C=O) groups is 4. The summed E-state index contributed by atoms with van der Waals surface area (Å²) >= 11 is 0. The van der Waals surface area contributed by atoms with E-state index in [2.05, 4.69) is 15.6 Å². The number of carboxylic acid groups (broad SMARTS) is 2. The predicted molar refractivity (Wildman–Crippen MR) is 151 cm³/mol. The molecule has 12 nitrogen and oxygen atoms in total. The van der Waals surface area contributed by atoms with Gasteiger partial charge in [-0.05, 0) is 69.3 Å². The summed E-state index contributed by atoms with van der Waals surface area (Å²) in [6, 6.07) is 16.9. The fraction of sp³-hybridized carbons (Fsp3) is 0.345. The lowest BCUT2D eigenvalue weighted by Crippen LogP contribution is -2.59. The van der Waals surface area contributed by atoms with Crippen molar-refractivity contribution in [3.05, 3.63) is 71.4 Å². The molecule has 0 unspecified atom stereocenters. The van der Waals surface area contributed by atoms with Crippen molar-refractivity contribution in [2.45, 2.75) is 44.3 Å². The minimum absolute atomic E-state index is 0.0461. The molecule has 4 rings (SSSR count). The Morgan fingerprint density at radius 3 is 2.02 bits per heavy atom. The standard InChI is InChI=1S/C25H28N4O4.2C2HF3O2/c1-18-14-20(22-4-2-3-5-23(22)27-18)15-33-21-8-6-19(7-9-21)24(31)28-25(16-29(32)17-30)10-12-26-13-11-25;2*3-2(4,5)1(6)7/h2-9,14,17,26,32H,10-13,15-16H2,1H3,(H,28,31);2*(H,6,7). The second-order valence-corrected chi connectivity index (χ2v) is 10.0. The molecule has 1 saturated heterocycles. The van der Waals surface area contributed by atoms with Crippen molar-refractivity contribution in [3.63, 3.8) is 0 Å². The number of rotatable bonds is 8. The van der Waals surface area contributed by atoms with Crippen LogP contribution in [-0.2, 0) is 21.0 Å². The molecule has 0 saturated carbocycles. The molecule has 0 aliphatic carbocycles. The van der Waals surface area contributed by atoms with Gasteiger partial charge in [0.2, 0.25) is 6.41 Å². The number of piperidine rings is 1. The molecule has 2 heterocycles. The van der Waals surface area contributed by atoms with Gasteiger partial charge < -0.3 is 25.6 Å². The van der Waals surface area contributed by atoms with Crippen LogP contribution in [0, 0.1) is 6.92 Å². The third-order valence-corrected chi connectivity index (χ3v) is 6.45. The van der Waals surface area contributed by atoms with Gasteiger partial charge in [0.05, 0.1) is 17.6 Å². The first-order valence-corrected chi connectivity index (χ1v) is 13.5. The Balaban J connectivity index is 0.000000459. The van der Waals surface area contributed by atoms with E-state index >= 15 is 0 Å². The lowest BCUT2D eigenvalue weighted by atomic mass is 9.87. The second kappa shape index (κ2) is 16.5. The summed E-state index contributed by atoms with van der Waals surface area (Å²) in [7, 11) is 0. The molecule has 0 bridgehead atoms. The van der Waals surface area contributed by atoms with Gasteiger partial charge in [-0.1, -0.05) is 18.2 Å². The van der Waals surface area contributed by atoms with Crippen LogP contribution in [0.4, 0.5) is 26.3 Å². The van der Waals surface area contributed by atoms with Crippen molar-refractivity contribution in [2.24, 2.45) is 0 Å². The fourth-order valence-corrected chi connectivity index (χ4v) is 4.27. The summed E-state index contributed by atoms with van der Waals surface area (Å²) in [6.07, 6.45) is -8.58. The Labute approximate surface area is 262 Å². The number of carboxylic acids is 2. The number of hydrogen-bond acceptors (Lipinski definition) is 8. The van der Waals surface area contributed by atoms with E-state index in [1.54, 1.807) is 24.3 Å². The third kappa shape index (κ3) is 12.4. The van der Waals surface area contributed by atoms with Crippen LogP contribution in [-0.4, -0.2) is 87.2 Å². The van der Waals surface area contributed by atoms with Crippen LogP contribution in [0.25, 0.3) is 10.9 Å². The number of hydrogen-bond donors (Lipinski definition) is 5. The number of nitrogens with one attached hydrogen (secondary N) is 2. The summed E-state index contributed by atoms with van der Waals surface area (Å²) in [5.41, 5.74) is 2.73. The Morgan fingerprint density at radius 2 is 1.51 bits per heavy atom. The average molecular weight is 677 g/mol. The number of ether oxygens (including phenoxy) is 1. The van der Waals surface area contributed by atoms with Gasteiger partial charge in [-0.2, -0.15) is 26.3 Å². The second-order valence-electron chi connectivity index (χ2n) is 10.0. The van der Waals surface area contributed by atoms with Crippen LogP contribution >= 0.6 is 0 Å². The number of aromatic nitrogens is 1. The lowest BCUT2D eigenvalue weighted by molar-refractivity contribution is -0.193. The highest BCUT2D eigenvalue weighted by Crippen LogP contribution is 2.23. The summed E-state index contributed by atoms with van der Waals surface area (Å²) in [6.45, 7) is 3.80. The highest BCUT2D eigenvalue weighted by molar-refractivity contribution is 5.95. The Kier molecular flexibility index (Phi) is 13.5. The first-order chi connectivity index (χ1) is 21.9. The highest BCUT2D eigenvalue weighted by atomic mass is 19.4. The maximum absolute atomic E-state index is 12.9. The van der Waals surface area contributed by atoms with Crippen molar-refractivity contribution < 1.29 is 65.7 Å². The molecule has 1 aliphatic rings. The van der Waals surface area contributed by atoms with E-state index in [1.165, 1.54) is 0 Å². The minimum atomic E-state index is -5.08. The van der Waals surface area contributed by atoms with Crippen molar-refractivity contribution in [3.8, 4) is 5.75 Å². The molecule has 18 heteroatoms. The van der Waals surface area contributed by atoms with E-state index in [9.17, 15) is 41.1 Å². The number of para-hydroxylation sites is 1. The lowest BCUT2D eigenvalue weighted by Gasteiger charge is -2.39. The van der Waals surface area contributed by atoms with Gasteiger partial charge in [0.1, 0.15) is 12.4 Å². The third-order valence-electron chi connectivity index (χ3n) is 6.45. The van der Waals surface area contributed by atoms with Crippen molar-refractivity contribution in [2.75, 3.05) is 19.6 Å². The smallest absolute Gasteiger partial charge is 0.489 e. The van der Waals surface area contributed by atoms with Crippen LogP contribution < -0.4 is 15.4 Å². The number of carbonyl (C=O) groups excluding carboxylic acids is 2. The number of alkyl halides is 6. The molecule has 2 aromatic carbocycles. The SMILES string of the molecule is Cc1cc(COc2ccc(C(=O)NC3(CN(O)C=O)CCNCC3)cc2)c2ccccc2n1.O=C(O)C(F)(F)F.O=C(O)C(F)(F)F. The van der Waals surface area contributed by atoms with E-state index in [4.69, 9.17) is 24.5 Å². The van der Waals surface area contributed by atoms with Gasteiger partial charge in [0, 0.05) is 22.2 Å². The van der Waals surface area contributed by atoms with E-state index < -0.39 is 29.8 Å². The van der Waals surface area contributed by atoms with Gasteiger partial charge in [-0.3, -0.25) is 19.8 Å². The Bertz CT molecular complexity index is 1500. The van der Waals surface area contributed by atoms with Gasteiger partial charge in [-0.15, -0.1) is 0 Å².